The van der Waals surface area contributed by atoms with Gasteiger partial charge < -0.3 is 5.11 Å². The average molecular weight is 192 g/mol. The van der Waals surface area contributed by atoms with Crippen molar-refractivity contribution in [3.05, 3.63) is 36.1 Å². The fourth-order valence-electron chi connectivity index (χ4n) is 1.27. The molecular weight excluding hydrogens is 183 g/mol. The second-order valence-corrected chi connectivity index (χ2v) is 2.98. The Morgan fingerprint density at radius 3 is 2.43 bits per heavy atom. The Bertz CT molecular complexity index is 451. The van der Waals surface area contributed by atoms with Crippen molar-refractivity contribution < 1.29 is 9.50 Å². The molecule has 0 aliphatic rings. The molecule has 3 nitrogen and oxygen atoms in total. The van der Waals surface area contributed by atoms with Gasteiger partial charge in [-0.1, -0.05) is 30.3 Å². The molecular formula is C10H9FN2O. The molecule has 0 aliphatic carbocycles. The lowest BCUT2D eigenvalue weighted by Crippen LogP contribution is -1.88. The molecule has 4 heteroatoms. The predicted molar refractivity (Wildman–Crippen MR) is 50.3 cm³/mol. The monoisotopic (exact) mass is 192 g/mol. The molecule has 0 spiro atoms. The Morgan fingerprint density at radius 2 is 1.93 bits per heavy atom. The zero-order valence-electron chi connectivity index (χ0n) is 7.61. The molecule has 14 heavy (non-hydrogen) atoms. The van der Waals surface area contributed by atoms with Crippen LogP contribution in [0.1, 0.15) is 0 Å². The predicted octanol–water partition coefficient (Wildman–Crippen LogP) is 1.93. The van der Waals surface area contributed by atoms with E-state index >= 15 is 0 Å². The molecule has 0 saturated carbocycles. The minimum absolute atomic E-state index is 0.172. The second kappa shape index (κ2) is 3.14. The Balaban J connectivity index is 2.58. The van der Waals surface area contributed by atoms with E-state index < -0.39 is 11.7 Å². The highest BCUT2D eigenvalue weighted by Crippen LogP contribution is 2.26. The van der Waals surface area contributed by atoms with Gasteiger partial charge in [-0.15, -0.1) is 0 Å². The second-order valence-electron chi connectivity index (χ2n) is 2.98. The van der Waals surface area contributed by atoms with Crippen molar-refractivity contribution in [1.29, 1.82) is 0 Å². The Labute approximate surface area is 80.4 Å². The SMILES string of the molecule is Cn1nc(-c2ccccc2)c(F)c1O. The van der Waals surface area contributed by atoms with E-state index in [-0.39, 0.29) is 5.69 Å². The summed E-state index contributed by atoms with van der Waals surface area (Å²) in [7, 11) is 1.49. The van der Waals surface area contributed by atoms with Gasteiger partial charge >= 0.3 is 0 Å². The molecule has 1 heterocycles. The van der Waals surface area contributed by atoms with E-state index in [4.69, 9.17) is 0 Å². The van der Waals surface area contributed by atoms with Crippen molar-refractivity contribution >= 4 is 0 Å². The van der Waals surface area contributed by atoms with Gasteiger partial charge in [0.2, 0.25) is 11.7 Å². The van der Waals surface area contributed by atoms with Crippen LogP contribution in [0.15, 0.2) is 30.3 Å². The van der Waals surface area contributed by atoms with E-state index in [0.717, 1.165) is 4.68 Å². The molecule has 0 radical (unpaired) electrons. The van der Waals surface area contributed by atoms with E-state index in [2.05, 4.69) is 5.10 Å². The fourth-order valence-corrected chi connectivity index (χ4v) is 1.27. The highest BCUT2D eigenvalue weighted by Gasteiger charge is 2.15. The zero-order chi connectivity index (χ0) is 10.1. The van der Waals surface area contributed by atoms with Gasteiger partial charge in [-0.3, -0.25) is 0 Å². The lowest BCUT2D eigenvalue weighted by atomic mass is 10.1. The first-order valence-corrected chi connectivity index (χ1v) is 4.17. The van der Waals surface area contributed by atoms with E-state index in [1.807, 2.05) is 6.07 Å². The number of aryl methyl sites for hydroxylation is 1. The van der Waals surface area contributed by atoms with E-state index in [0.29, 0.717) is 5.56 Å². The number of hydrogen-bond acceptors (Lipinski definition) is 2. The van der Waals surface area contributed by atoms with Crippen LogP contribution in [0.25, 0.3) is 11.3 Å². The van der Waals surface area contributed by atoms with Crippen LogP contribution in [0.5, 0.6) is 5.88 Å². The number of benzene rings is 1. The third-order valence-electron chi connectivity index (χ3n) is 2.01. The van der Waals surface area contributed by atoms with Gasteiger partial charge in [0.05, 0.1) is 0 Å². The summed E-state index contributed by atoms with van der Waals surface area (Å²) >= 11 is 0. The summed E-state index contributed by atoms with van der Waals surface area (Å²) in [5.74, 6) is -1.12. The van der Waals surface area contributed by atoms with Crippen molar-refractivity contribution in [2.45, 2.75) is 0 Å². The van der Waals surface area contributed by atoms with Gasteiger partial charge in [0.1, 0.15) is 5.69 Å². The third kappa shape index (κ3) is 1.25. The number of aromatic hydroxyl groups is 1. The van der Waals surface area contributed by atoms with Gasteiger partial charge in [-0.25, -0.2) is 4.68 Å². The average Bonchev–Trinajstić information content (AvgIpc) is 2.47. The maximum absolute atomic E-state index is 13.4. The fraction of sp³-hybridized carbons (Fsp3) is 0.100. The first-order chi connectivity index (χ1) is 6.70. The minimum atomic E-state index is -0.682. The number of rotatable bonds is 1. The van der Waals surface area contributed by atoms with E-state index in [1.165, 1.54) is 7.05 Å². The van der Waals surface area contributed by atoms with Crippen LogP contribution in [-0.4, -0.2) is 14.9 Å². The highest BCUT2D eigenvalue weighted by atomic mass is 19.1. The topological polar surface area (TPSA) is 38.0 Å². The lowest BCUT2D eigenvalue weighted by molar-refractivity contribution is 0.390. The molecule has 2 aromatic rings. The lowest BCUT2D eigenvalue weighted by Gasteiger charge is -1.93. The van der Waals surface area contributed by atoms with Crippen molar-refractivity contribution in [3.8, 4) is 17.1 Å². The first kappa shape index (κ1) is 8.74. The summed E-state index contributed by atoms with van der Waals surface area (Å²) < 4.78 is 14.5. The van der Waals surface area contributed by atoms with Crippen LogP contribution in [-0.2, 0) is 7.05 Å². The van der Waals surface area contributed by atoms with Crippen molar-refractivity contribution in [1.82, 2.24) is 9.78 Å². The maximum Gasteiger partial charge on any atom is 0.246 e. The van der Waals surface area contributed by atoms with Crippen molar-refractivity contribution in [2.24, 2.45) is 7.05 Å². The van der Waals surface area contributed by atoms with Crippen LogP contribution < -0.4 is 0 Å². The normalized spacial score (nSPS) is 10.4. The summed E-state index contributed by atoms with van der Waals surface area (Å²) in [6.45, 7) is 0. The summed E-state index contributed by atoms with van der Waals surface area (Å²) in [5, 5.41) is 13.1. The maximum atomic E-state index is 13.4. The summed E-state index contributed by atoms with van der Waals surface area (Å²) in [5.41, 5.74) is 0.825. The summed E-state index contributed by atoms with van der Waals surface area (Å²) in [4.78, 5) is 0. The first-order valence-electron chi connectivity index (χ1n) is 4.17. The molecule has 2 rings (SSSR count). The molecule has 1 aromatic carbocycles. The zero-order valence-corrected chi connectivity index (χ0v) is 7.61. The van der Waals surface area contributed by atoms with E-state index in [9.17, 15) is 9.50 Å². The Hall–Kier alpha value is -1.84. The molecule has 0 saturated heterocycles. The summed E-state index contributed by atoms with van der Waals surface area (Å²) in [6, 6.07) is 8.90. The molecule has 0 bridgehead atoms. The Morgan fingerprint density at radius 1 is 1.29 bits per heavy atom. The van der Waals surface area contributed by atoms with Gasteiger partial charge in [-0.2, -0.15) is 9.49 Å². The van der Waals surface area contributed by atoms with E-state index in [1.54, 1.807) is 24.3 Å². The number of nitrogens with zero attached hydrogens (tertiary/aromatic N) is 2. The standard InChI is InChI=1S/C10H9FN2O/c1-13-10(14)8(11)9(12-13)7-5-3-2-4-6-7/h2-6,14H,1H3. The van der Waals surface area contributed by atoms with Crippen LogP contribution in [0, 0.1) is 5.82 Å². The summed E-state index contributed by atoms with van der Waals surface area (Å²) in [6.07, 6.45) is 0. The number of aromatic nitrogens is 2. The van der Waals surface area contributed by atoms with Crippen LogP contribution in [0.4, 0.5) is 4.39 Å². The minimum Gasteiger partial charge on any atom is -0.491 e. The quantitative estimate of drug-likeness (QED) is 0.749. The molecule has 0 unspecified atom stereocenters. The molecule has 72 valence electrons. The molecule has 0 fully saturated rings. The Kier molecular flexibility index (Phi) is 1.96. The largest absolute Gasteiger partial charge is 0.491 e. The number of halogens is 1. The van der Waals surface area contributed by atoms with Gasteiger partial charge in [-0.05, 0) is 0 Å². The molecule has 0 atom stereocenters. The molecule has 1 N–H and O–H groups in total. The van der Waals surface area contributed by atoms with Crippen LogP contribution in [0.2, 0.25) is 0 Å². The van der Waals surface area contributed by atoms with Crippen molar-refractivity contribution in [2.75, 3.05) is 0 Å². The van der Waals surface area contributed by atoms with Crippen LogP contribution in [0.3, 0.4) is 0 Å². The van der Waals surface area contributed by atoms with Crippen molar-refractivity contribution in [3.63, 3.8) is 0 Å². The van der Waals surface area contributed by atoms with Crippen LogP contribution >= 0.6 is 0 Å². The smallest absolute Gasteiger partial charge is 0.246 e. The van der Waals surface area contributed by atoms with Gasteiger partial charge in [0.15, 0.2) is 0 Å². The molecule has 0 aliphatic heterocycles. The van der Waals surface area contributed by atoms with Gasteiger partial charge in [0.25, 0.3) is 0 Å². The highest BCUT2D eigenvalue weighted by molar-refractivity contribution is 5.60. The molecule has 1 aromatic heterocycles. The molecule has 0 amide bonds. The third-order valence-corrected chi connectivity index (χ3v) is 2.01. The number of hydrogen-bond donors (Lipinski definition) is 1. The van der Waals surface area contributed by atoms with Gasteiger partial charge in [0, 0.05) is 12.6 Å².